The van der Waals surface area contributed by atoms with Crippen LogP contribution in [0.15, 0.2) is 24.3 Å². The maximum atomic E-state index is 12.0. The number of likely N-dealkylation sites (tertiary alicyclic amines) is 2. The highest BCUT2D eigenvalue weighted by Gasteiger charge is 2.41. The van der Waals surface area contributed by atoms with Crippen LogP contribution in [0, 0.1) is 5.41 Å². The minimum Gasteiger partial charge on any atom is -0.368 e. The number of piperidine rings is 2. The molecule has 1 aromatic carbocycles. The number of hydrogen-bond donors (Lipinski definition) is 1. The molecule has 0 radical (unpaired) electrons. The molecule has 2 heterocycles. The van der Waals surface area contributed by atoms with E-state index in [1.165, 1.54) is 5.56 Å². The standard InChI is InChI=1S/C18H24ClN3O2/c19-15-3-1-2-14(10-15)11-21-8-6-18(7-9-21)5-4-17(24)22(13-18)12-16(20)23/h1-3,10H,4-9,11-13H2,(H2,20,23). The molecule has 0 saturated carbocycles. The molecular formula is C18H24ClN3O2. The second-order valence-corrected chi connectivity index (χ2v) is 7.56. The molecule has 1 spiro atoms. The van der Waals surface area contributed by atoms with E-state index in [1.54, 1.807) is 4.90 Å². The van der Waals surface area contributed by atoms with Gasteiger partial charge < -0.3 is 10.6 Å². The molecule has 130 valence electrons. The Labute approximate surface area is 147 Å². The van der Waals surface area contributed by atoms with Crippen molar-refractivity contribution in [1.82, 2.24) is 9.80 Å². The van der Waals surface area contributed by atoms with Gasteiger partial charge in [0.25, 0.3) is 0 Å². The fourth-order valence-electron chi connectivity index (χ4n) is 3.92. The van der Waals surface area contributed by atoms with Crippen LogP contribution in [0.4, 0.5) is 0 Å². The lowest BCUT2D eigenvalue weighted by Crippen LogP contribution is -2.53. The number of carbonyl (C=O) groups excluding carboxylic acids is 2. The second kappa shape index (κ2) is 7.11. The number of rotatable bonds is 4. The Kier molecular flexibility index (Phi) is 5.11. The van der Waals surface area contributed by atoms with Gasteiger partial charge in [0.05, 0.1) is 6.54 Å². The first kappa shape index (κ1) is 17.2. The van der Waals surface area contributed by atoms with E-state index in [-0.39, 0.29) is 17.9 Å². The quantitative estimate of drug-likeness (QED) is 0.904. The summed E-state index contributed by atoms with van der Waals surface area (Å²) in [5.41, 5.74) is 6.65. The first-order valence-corrected chi connectivity index (χ1v) is 8.86. The Bertz CT molecular complexity index is 626. The van der Waals surface area contributed by atoms with E-state index in [4.69, 9.17) is 17.3 Å². The highest BCUT2D eigenvalue weighted by molar-refractivity contribution is 6.30. The van der Waals surface area contributed by atoms with Crippen molar-refractivity contribution in [2.45, 2.75) is 32.2 Å². The maximum Gasteiger partial charge on any atom is 0.237 e. The van der Waals surface area contributed by atoms with Crippen LogP contribution in [-0.4, -0.2) is 47.8 Å². The normalized spacial score (nSPS) is 21.2. The van der Waals surface area contributed by atoms with Crippen molar-refractivity contribution < 1.29 is 9.59 Å². The van der Waals surface area contributed by atoms with Crippen molar-refractivity contribution in [2.24, 2.45) is 11.1 Å². The van der Waals surface area contributed by atoms with Gasteiger partial charge in [-0.05, 0) is 55.5 Å². The van der Waals surface area contributed by atoms with Gasteiger partial charge in [0.1, 0.15) is 0 Å². The van der Waals surface area contributed by atoms with Gasteiger partial charge in [0, 0.05) is 24.5 Å². The summed E-state index contributed by atoms with van der Waals surface area (Å²) in [4.78, 5) is 27.3. The number of nitrogens with two attached hydrogens (primary N) is 1. The van der Waals surface area contributed by atoms with Crippen LogP contribution in [0.2, 0.25) is 5.02 Å². The molecule has 0 atom stereocenters. The molecule has 2 aliphatic heterocycles. The van der Waals surface area contributed by atoms with Crippen molar-refractivity contribution >= 4 is 23.4 Å². The van der Waals surface area contributed by atoms with Gasteiger partial charge in [-0.2, -0.15) is 0 Å². The van der Waals surface area contributed by atoms with Gasteiger partial charge in [-0.3, -0.25) is 14.5 Å². The number of amides is 2. The van der Waals surface area contributed by atoms with Gasteiger partial charge in [-0.1, -0.05) is 23.7 Å². The predicted molar refractivity (Wildman–Crippen MR) is 93.4 cm³/mol. The minimum absolute atomic E-state index is 0.0484. The van der Waals surface area contributed by atoms with Crippen molar-refractivity contribution in [2.75, 3.05) is 26.2 Å². The van der Waals surface area contributed by atoms with Crippen LogP contribution in [0.25, 0.3) is 0 Å². The van der Waals surface area contributed by atoms with Crippen LogP contribution in [0.3, 0.4) is 0 Å². The summed E-state index contributed by atoms with van der Waals surface area (Å²) >= 11 is 6.06. The maximum absolute atomic E-state index is 12.0. The van der Waals surface area contributed by atoms with E-state index in [0.29, 0.717) is 13.0 Å². The Morgan fingerprint density at radius 1 is 1.25 bits per heavy atom. The molecule has 0 aliphatic carbocycles. The Morgan fingerprint density at radius 2 is 2.00 bits per heavy atom. The number of carbonyl (C=O) groups is 2. The molecule has 2 fully saturated rings. The minimum atomic E-state index is -0.432. The van der Waals surface area contributed by atoms with Gasteiger partial charge in [0.2, 0.25) is 11.8 Å². The molecule has 0 bridgehead atoms. The summed E-state index contributed by atoms with van der Waals surface area (Å²) < 4.78 is 0. The van der Waals surface area contributed by atoms with Crippen LogP contribution >= 0.6 is 11.6 Å². The number of hydrogen-bond acceptors (Lipinski definition) is 3. The molecule has 6 heteroatoms. The van der Waals surface area contributed by atoms with Gasteiger partial charge >= 0.3 is 0 Å². The van der Waals surface area contributed by atoms with Crippen molar-refractivity contribution in [3.05, 3.63) is 34.9 Å². The number of nitrogens with zero attached hydrogens (tertiary/aromatic N) is 2. The molecule has 24 heavy (non-hydrogen) atoms. The Morgan fingerprint density at radius 3 is 2.67 bits per heavy atom. The molecule has 1 aromatic rings. The van der Waals surface area contributed by atoms with Gasteiger partial charge in [0.15, 0.2) is 0 Å². The molecule has 2 amide bonds. The zero-order valence-electron chi connectivity index (χ0n) is 13.8. The van der Waals surface area contributed by atoms with Crippen LogP contribution in [-0.2, 0) is 16.1 Å². The summed E-state index contributed by atoms with van der Waals surface area (Å²) in [6, 6.07) is 7.99. The third-order valence-electron chi connectivity index (χ3n) is 5.31. The first-order chi connectivity index (χ1) is 11.5. The summed E-state index contributed by atoms with van der Waals surface area (Å²) in [5.74, 6) is -0.375. The molecule has 2 saturated heterocycles. The van der Waals surface area contributed by atoms with Crippen molar-refractivity contribution in [1.29, 1.82) is 0 Å². The fraction of sp³-hybridized carbons (Fsp3) is 0.556. The third kappa shape index (κ3) is 4.08. The number of primary amides is 1. The van der Waals surface area contributed by atoms with Crippen LogP contribution < -0.4 is 5.73 Å². The number of halogens is 1. The lowest BCUT2D eigenvalue weighted by atomic mass is 9.72. The molecule has 5 nitrogen and oxygen atoms in total. The molecule has 0 aromatic heterocycles. The lowest BCUT2D eigenvalue weighted by molar-refractivity contribution is -0.142. The summed E-state index contributed by atoms with van der Waals surface area (Å²) in [5, 5.41) is 0.772. The van der Waals surface area contributed by atoms with Crippen molar-refractivity contribution in [3.8, 4) is 0 Å². The van der Waals surface area contributed by atoms with Crippen molar-refractivity contribution in [3.63, 3.8) is 0 Å². The first-order valence-electron chi connectivity index (χ1n) is 8.49. The highest BCUT2D eigenvalue weighted by Crippen LogP contribution is 2.40. The summed E-state index contributed by atoms with van der Waals surface area (Å²) in [6.45, 7) is 3.63. The largest absolute Gasteiger partial charge is 0.368 e. The average Bonchev–Trinajstić information content (AvgIpc) is 2.53. The fourth-order valence-corrected chi connectivity index (χ4v) is 4.13. The predicted octanol–water partition coefficient (Wildman–Crippen LogP) is 2.03. The van der Waals surface area contributed by atoms with Crippen LogP contribution in [0.5, 0.6) is 0 Å². The average molecular weight is 350 g/mol. The molecule has 2 aliphatic rings. The monoisotopic (exact) mass is 349 g/mol. The van der Waals surface area contributed by atoms with Gasteiger partial charge in [-0.15, -0.1) is 0 Å². The second-order valence-electron chi connectivity index (χ2n) is 7.12. The van der Waals surface area contributed by atoms with Crippen LogP contribution in [0.1, 0.15) is 31.2 Å². The zero-order valence-corrected chi connectivity index (χ0v) is 14.6. The van der Waals surface area contributed by atoms with E-state index < -0.39 is 5.91 Å². The molecule has 3 rings (SSSR count). The summed E-state index contributed by atoms with van der Waals surface area (Å²) in [6.07, 6.45) is 3.56. The van der Waals surface area contributed by atoms with E-state index >= 15 is 0 Å². The van der Waals surface area contributed by atoms with E-state index in [0.717, 1.165) is 43.9 Å². The smallest absolute Gasteiger partial charge is 0.237 e. The molecular weight excluding hydrogens is 326 g/mol. The van der Waals surface area contributed by atoms with Gasteiger partial charge in [-0.25, -0.2) is 0 Å². The lowest BCUT2D eigenvalue weighted by Gasteiger charge is -2.47. The summed E-state index contributed by atoms with van der Waals surface area (Å²) in [7, 11) is 0. The highest BCUT2D eigenvalue weighted by atomic mass is 35.5. The van der Waals surface area contributed by atoms with E-state index in [1.807, 2.05) is 18.2 Å². The Hall–Kier alpha value is -1.59. The zero-order chi connectivity index (χ0) is 17.2. The molecule has 0 unspecified atom stereocenters. The topological polar surface area (TPSA) is 66.6 Å². The Balaban J connectivity index is 1.57. The third-order valence-corrected chi connectivity index (χ3v) is 5.54. The van der Waals surface area contributed by atoms with E-state index in [2.05, 4.69) is 11.0 Å². The SMILES string of the molecule is NC(=O)CN1CC2(CCC1=O)CCN(Cc1cccc(Cl)c1)CC2. The molecule has 2 N–H and O–H groups in total. The number of benzene rings is 1. The van der Waals surface area contributed by atoms with E-state index in [9.17, 15) is 9.59 Å².